The van der Waals surface area contributed by atoms with Crippen molar-refractivity contribution in [3.05, 3.63) is 18.3 Å². The first kappa shape index (κ1) is 10.7. The van der Waals surface area contributed by atoms with Crippen molar-refractivity contribution in [1.29, 1.82) is 0 Å². The third kappa shape index (κ3) is 3.19. The van der Waals surface area contributed by atoms with Gasteiger partial charge < -0.3 is 9.08 Å². The molecule has 0 radical (unpaired) electrons. The van der Waals surface area contributed by atoms with Gasteiger partial charge in [0.05, 0.1) is 6.20 Å². The molecule has 0 spiro atoms. The zero-order chi connectivity index (χ0) is 10.8. The van der Waals surface area contributed by atoms with Crippen molar-refractivity contribution in [3.8, 4) is 5.75 Å². The molecule has 1 aromatic heterocycles. The van der Waals surface area contributed by atoms with Gasteiger partial charge in [0.15, 0.2) is 5.75 Å². The van der Waals surface area contributed by atoms with E-state index in [9.17, 15) is 8.42 Å². The monoisotopic (exact) mass is 217 g/mol. The van der Waals surface area contributed by atoms with E-state index >= 15 is 0 Å². The Labute approximate surface area is 82.6 Å². The quantitative estimate of drug-likeness (QED) is 0.753. The smallest absolute Gasteiger partial charge is 0.369 e. The van der Waals surface area contributed by atoms with Crippen LogP contribution in [0.3, 0.4) is 0 Å². The van der Waals surface area contributed by atoms with E-state index in [4.69, 9.17) is 0 Å². The van der Waals surface area contributed by atoms with Crippen molar-refractivity contribution >= 4 is 16.1 Å². The normalized spacial score (nSPS) is 11.1. The molecule has 2 N–H and O–H groups in total. The third-order valence-corrected chi connectivity index (χ3v) is 1.82. The standard InChI is InChI=1S/C7H11N3O3S/c1-10(2)7-4-3-6(5-9-7)13-14(8,11)12/h3-5H,1-2H3,(H2,8,11,12). The van der Waals surface area contributed by atoms with Crippen LogP contribution in [-0.4, -0.2) is 27.5 Å². The lowest BCUT2D eigenvalue weighted by atomic mass is 10.4. The Hall–Kier alpha value is -1.34. The Morgan fingerprint density at radius 2 is 2.07 bits per heavy atom. The van der Waals surface area contributed by atoms with Gasteiger partial charge in [0.2, 0.25) is 0 Å². The Balaban J connectivity index is 2.84. The maximum absolute atomic E-state index is 10.5. The van der Waals surface area contributed by atoms with Crippen LogP contribution < -0.4 is 14.2 Å². The van der Waals surface area contributed by atoms with Crippen LogP contribution in [0.5, 0.6) is 5.75 Å². The fourth-order valence-electron chi connectivity index (χ4n) is 0.820. The van der Waals surface area contributed by atoms with Gasteiger partial charge in [-0.05, 0) is 12.1 Å². The van der Waals surface area contributed by atoms with Crippen molar-refractivity contribution in [2.45, 2.75) is 0 Å². The van der Waals surface area contributed by atoms with E-state index in [1.807, 2.05) is 14.1 Å². The zero-order valence-corrected chi connectivity index (χ0v) is 8.65. The van der Waals surface area contributed by atoms with Gasteiger partial charge in [-0.15, -0.1) is 0 Å². The Morgan fingerprint density at radius 1 is 1.43 bits per heavy atom. The van der Waals surface area contributed by atoms with E-state index < -0.39 is 10.3 Å². The third-order valence-electron chi connectivity index (χ3n) is 1.39. The van der Waals surface area contributed by atoms with Crippen LogP contribution in [0.15, 0.2) is 18.3 Å². The summed E-state index contributed by atoms with van der Waals surface area (Å²) in [5, 5.41) is 4.68. The largest absolute Gasteiger partial charge is 0.380 e. The van der Waals surface area contributed by atoms with E-state index in [0.29, 0.717) is 5.82 Å². The number of aromatic nitrogens is 1. The number of nitrogens with two attached hydrogens (primary N) is 1. The minimum Gasteiger partial charge on any atom is -0.369 e. The fourth-order valence-corrected chi connectivity index (χ4v) is 1.19. The van der Waals surface area contributed by atoms with Crippen molar-refractivity contribution in [3.63, 3.8) is 0 Å². The molecule has 0 amide bonds. The molecule has 0 saturated carbocycles. The molecular formula is C7H11N3O3S. The molecule has 1 aromatic rings. The molecule has 78 valence electrons. The summed E-state index contributed by atoms with van der Waals surface area (Å²) in [6, 6.07) is 3.10. The topological polar surface area (TPSA) is 85.5 Å². The zero-order valence-electron chi connectivity index (χ0n) is 7.84. The molecule has 1 rings (SSSR count). The van der Waals surface area contributed by atoms with Gasteiger partial charge in [0.25, 0.3) is 0 Å². The summed E-state index contributed by atoms with van der Waals surface area (Å²) in [6.45, 7) is 0. The highest BCUT2D eigenvalue weighted by atomic mass is 32.2. The Morgan fingerprint density at radius 3 is 2.43 bits per heavy atom. The van der Waals surface area contributed by atoms with Crippen LogP contribution in [0.25, 0.3) is 0 Å². The molecular weight excluding hydrogens is 206 g/mol. The van der Waals surface area contributed by atoms with Crippen LogP contribution in [0.1, 0.15) is 0 Å². The maximum atomic E-state index is 10.5. The van der Waals surface area contributed by atoms with Gasteiger partial charge in [0.1, 0.15) is 5.82 Å². The molecule has 0 saturated heterocycles. The van der Waals surface area contributed by atoms with Crippen LogP contribution in [-0.2, 0) is 10.3 Å². The van der Waals surface area contributed by atoms with Crippen LogP contribution in [0.4, 0.5) is 5.82 Å². The number of pyridine rings is 1. The number of hydrogen-bond acceptors (Lipinski definition) is 5. The van der Waals surface area contributed by atoms with Crippen molar-refractivity contribution in [2.24, 2.45) is 5.14 Å². The second-order valence-electron chi connectivity index (χ2n) is 2.82. The number of hydrogen-bond donors (Lipinski definition) is 1. The second kappa shape index (κ2) is 3.81. The molecule has 0 fully saturated rings. The summed E-state index contributed by atoms with van der Waals surface area (Å²) in [6.07, 6.45) is 1.29. The van der Waals surface area contributed by atoms with E-state index in [2.05, 4.69) is 14.3 Å². The summed E-state index contributed by atoms with van der Waals surface area (Å²) in [5.41, 5.74) is 0. The highest BCUT2D eigenvalue weighted by Gasteiger charge is 2.05. The van der Waals surface area contributed by atoms with Gasteiger partial charge >= 0.3 is 10.3 Å². The first-order valence-corrected chi connectivity index (χ1v) is 5.21. The average molecular weight is 217 g/mol. The van der Waals surface area contributed by atoms with Gasteiger partial charge in [-0.1, -0.05) is 0 Å². The van der Waals surface area contributed by atoms with Gasteiger partial charge in [-0.3, -0.25) is 0 Å². The molecule has 14 heavy (non-hydrogen) atoms. The molecule has 1 heterocycles. The van der Waals surface area contributed by atoms with Gasteiger partial charge in [-0.25, -0.2) is 4.98 Å². The minimum absolute atomic E-state index is 0.0955. The van der Waals surface area contributed by atoms with E-state index in [1.165, 1.54) is 12.3 Å². The molecule has 0 bridgehead atoms. The molecule has 0 aromatic carbocycles. The van der Waals surface area contributed by atoms with Crippen LogP contribution in [0.2, 0.25) is 0 Å². The van der Waals surface area contributed by atoms with Crippen LogP contribution >= 0.6 is 0 Å². The summed E-state index contributed by atoms with van der Waals surface area (Å²) in [4.78, 5) is 5.72. The lowest BCUT2D eigenvalue weighted by molar-refractivity contribution is 0.486. The van der Waals surface area contributed by atoms with E-state index in [1.54, 1.807) is 11.0 Å². The molecule has 0 unspecified atom stereocenters. The lowest BCUT2D eigenvalue weighted by Crippen LogP contribution is -2.19. The molecule has 6 nitrogen and oxygen atoms in total. The number of rotatable bonds is 3. The average Bonchev–Trinajstić information content (AvgIpc) is 2.02. The van der Waals surface area contributed by atoms with E-state index in [0.717, 1.165) is 0 Å². The maximum Gasteiger partial charge on any atom is 0.380 e. The summed E-state index contributed by atoms with van der Waals surface area (Å²) in [7, 11) is -0.320. The SMILES string of the molecule is CN(C)c1ccc(OS(N)(=O)=O)cn1. The Kier molecular flexibility index (Phi) is 2.92. The molecule has 0 aliphatic rings. The predicted octanol–water partition coefficient (Wildman–Crippen LogP) is -0.270. The number of anilines is 1. The molecule has 7 heteroatoms. The summed E-state index contributed by atoms with van der Waals surface area (Å²) >= 11 is 0. The van der Waals surface area contributed by atoms with Crippen LogP contribution in [0, 0.1) is 0 Å². The minimum atomic E-state index is -3.96. The highest BCUT2D eigenvalue weighted by molar-refractivity contribution is 7.84. The lowest BCUT2D eigenvalue weighted by Gasteiger charge is -2.10. The van der Waals surface area contributed by atoms with Gasteiger partial charge in [-0.2, -0.15) is 13.6 Å². The first-order valence-electron chi connectivity index (χ1n) is 3.74. The summed E-state index contributed by atoms with van der Waals surface area (Å²) in [5.74, 6) is 0.796. The second-order valence-corrected chi connectivity index (χ2v) is 3.97. The van der Waals surface area contributed by atoms with Crippen molar-refractivity contribution in [1.82, 2.24) is 4.98 Å². The van der Waals surface area contributed by atoms with Crippen molar-refractivity contribution in [2.75, 3.05) is 19.0 Å². The number of nitrogens with zero attached hydrogens (tertiary/aromatic N) is 2. The highest BCUT2D eigenvalue weighted by Crippen LogP contribution is 2.14. The van der Waals surface area contributed by atoms with Crippen molar-refractivity contribution < 1.29 is 12.6 Å². The molecule has 0 aliphatic heterocycles. The molecule has 0 aliphatic carbocycles. The summed E-state index contributed by atoms with van der Waals surface area (Å²) < 4.78 is 25.5. The fraction of sp³-hybridized carbons (Fsp3) is 0.286. The Bertz CT molecular complexity index is 399. The van der Waals surface area contributed by atoms with E-state index in [-0.39, 0.29) is 5.75 Å². The molecule has 0 atom stereocenters. The predicted molar refractivity (Wildman–Crippen MR) is 52.3 cm³/mol. The van der Waals surface area contributed by atoms with Gasteiger partial charge in [0, 0.05) is 14.1 Å². The first-order chi connectivity index (χ1) is 6.38.